The van der Waals surface area contributed by atoms with Crippen molar-refractivity contribution in [3.63, 3.8) is 0 Å². The maximum atomic E-state index is 12.5. The van der Waals surface area contributed by atoms with Crippen LogP contribution in [-0.2, 0) is 10.8 Å². The first-order chi connectivity index (χ1) is 12.5. The van der Waals surface area contributed by atoms with Crippen LogP contribution in [0.3, 0.4) is 0 Å². The zero-order valence-electron chi connectivity index (χ0n) is 17.4. The first-order valence-electron chi connectivity index (χ1n) is 9.75. The second-order valence-corrected chi connectivity index (χ2v) is 9.97. The molecule has 0 fully saturated rings. The molecule has 0 unspecified atom stereocenters. The highest BCUT2D eigenvalue weighted by atomic mass is 16.1. The molecule has 0 amide bonds. The summed E-state index contributed by atoms with van der Waals surface area (Å²) in [7, 11) is 0. The van der Waals surface area contributed by atoms with Gasteiger partial charge in [-0.05, 0) is 73.3 Å². The maximum Gasteiger partial charge on any atom is 0.160 e. The molecular formula is C26H28O. The fourth-order valence-corrected chi connectivity index (χ4v) is 4.08. The molecule has 0 N–H and O–H groups in total. The molecule has 4 aromatic rings. The van der Waals surface area contributed by atoms with E-state index in [0.29, 0.717) is 0 Å². The van der Waals surface area contributed by atoms with E-state index in [2.05, 4.69) is 84.0 Å². The summed E-state index contributed by atoms with van der Waals surface area (Å²) < 4.78 is 0. The third kappa shape index (κ3) is 2.81. The first-order valence-corrected chi connectivity index (χ1v) is 9.75. The Labute approximate surface area is 161 Å². The largest absolute Gasteiger partial charge is 0.294 e. The molecule has 27 heavy (non-hydrogen) atoms. The van der Waals surface area contributed by atoms with Gasteiger partial charge in [-0.2, -0.15) is 0 Å². The van der Waals surface area contributed by atoms with E-state index < -0.39 is 0 Å². The molecular weight excluding hydrogens is 328 g/mol. The van der Waals surface area contributed by atoms with Crippen molar-refractivity contribution >= 4 is 38.1 Å². The van der Waals surface area contributed by atoms with Crippen molar-refractivity contribution in [2.75, 3.05) is 0 Å². The van der Waals surface area contributed by atoms with Gasteiger partial charge >= 0.3 is 0 Å². The third-order valence-electron chi connectivity index (χ3n) is 5.76. The van der Waals surface area contributed by atoms with Crippen LogP contribution in [0.1, 0.15) is 70.0 Å². The third-order valence-corrected chi connectivity index (χ3v) is 5.76. The van der Waals surface area contributed by atoms with Gasteiger partial charge in [0, 0.05) is 5.56 Å². The van der Waals surface area contributed by atoms with Gasteiger partial charge in [0.1, 0.15) is 0 Å². The van der Waals surface area contributed by atoms with Crippen molar-refractivity contribution in [3.05, 3.63) is 59.2 Å². The second kappa shape index (κ2) is 5.55. The van der Waals surface area contributed by atoms with Crippen LogP contribution in [0.4, 0.5) is 0 Å². The Hall–Kier alpha value is -2.41. The van der Waals surface area contributed by atoms with Crippen molar-refractivity contribution in [2.45, 2.75) is 59.3 Å². The van der Waals surface area contributed by atoms with Gasteiger partial charge in [0.05, 0.1) is 0 Å². The van der Waals surface area contributed by atoms with Gasteiger partial charge in [-0.3, -0.25) is 4.79 Å². The highest BCUT2D eigenvalue weighted by Gasteiger charge is 2.22. The van der Waals surface area contributed by atoms with Gasteiger partial charge in [-0.1, -0.05) is 71.9 Å². The average Bonchev–Trinajstić information content (AvgIpc) is 2.56. The Balaban J connectivity index is 2.24. The lowest BCUT2D eigenvalue weighted by molar-refractivity contribution is 0.101. The van der Waals surface area contributed by atoms with Crippen LogP contribution in [0, 0.1) is 0 Å². The molecule has 0 atom stereocenters. The summed E-state index contributed by atoms with van der Waals surface area (Å²) in [4.78, 5) is 12.5. The molecule has 0 heterocycles. The van der Waals surface area contributed by atoms with Gasteiger partial charge in [0.25, 0.3) is 0 Å². The molecule has 4 aromatic carbocycles. The number of benzene rings is 4. The summed E-state index contributed by atoms with van der Waals surface area (Å²) >= 11 is 0. The number of hydrogen-bond donors (Lipinski definition) is 0. The number of rotatable bonds is 1. The molecule has 138 valence electrons. The topological polar surface area (TPSA) is 17.1 Å². The fraction of sp³-hybridized carbons (Fsp3) is 0.346. The van der Waals surface area contributed by atoms with Crippen LogP contribution in [0.15, 0.2) is 42.5 Å². The molecule has 1 nitrogen and oxygen atoms in total. The molecule has 0 radical (unpaired) electrons. The molecule has 0 spiro atoms. The number of carbonyl (C=O) groups excluding carboxylic acids is 1. The van der Waals surface area contributed by atoms with Gasteiger partial charge in [0.15, 0.2) is 5.78 Å². The number of ketones is 1. The second-order valence-electron chi connectivity index (χ2n) is 9.97. The molecule has 0 saturated heterocycles. The minimum Gasteiger partial charge on any atom is -0.294 e. The Morgan fingerprint density at radius 3 is 1.67 bits per heavy atom. The van der Waals surface area contributed by atoms with Crippen LogP contribution in [-0.4, -0.2) is 5.78 Å². The van der Waals surface area contributed by atoms with E-state index in [-0.39, 0.29) is 16.6 Å². The van der Waals surface area contributed by atoms with Gasteiger partial charge in [-0.15, -0.1) is 0 Å². The van der Waals surface area contributed by atoms with E-state index >= 15 is 0 Å². The predicted octanol–water partition coefficient (Wildman–Crippen LogP) is 7.38. The Morgan fingerprint density at radius 2 is 1.15 bits per heavy atom. The Morgan fingerprint density at radius 1 is 0.667 bits per heavy atom. The predicted molar refractivity (Wildman–Crippen MR) is 118 cm³/mol. The summed E-state index contributed by atoms with van der Waals surface area (Å²) in [5, 5.41) is 7.25. The van der Waals surface area contributed by atoms with E-state index in [0.717, 1.165) is 10.9 Å². The fourth-order valence-electron chi connectivity index (χ4n) is 4.08. The van der Waals surface area contributed by atoms with Crippen LogP contribution in [0.2, 0.25) is 0 Å². The van der Waals surface area contributed by atoms with Crippen LogP contribution < -0.4 is 0 Å². The summed E-state index contributed by atoms with van der Waals surface area (Å²) in [6.07, 6.45) is 0. The monoisotopic (exact) mass is 356 g/mol. The minimum atomic E-state index is 0.0396. The minimum absolute atomic E-state index is 0.0396. The smallest absolute Gasteiger partial charge is 0.160 e. The number of hydrogen-bond acceptors (Lipinski definition) is 1. The van der Waals surface area contributed by atoms with Crippen molar-refractivity contribution in [2.24, 2.45) is 0 Å². The van der Waals surface area contributed by atoms with Gasteiger partial charge in [-0.25, -0.2) is 0 Å². The first kappa shape index (κ1) is 18.0. The van der Waals surface area contributed by atoms with E-state index in [1.807, 2.05) is 0 Å². The molecule has 0 aromatic heterocycles. The van der Waals surface area contributed by atoms with Crippen molar-refractivity contribution < 1.29 is 4.79 Å². The number of Topliss-reactive ketones (excluding diaryl/α,β-unsaturated/α-hetero) is 1. The quantitative estimate of drug-likeness (QED) is 0.257. The molecule has 1 heteroatoms. The van der Waals surface area contributed by atoms with Crippen molar-refractivity contribution in [1.29, 1.82) is 0 Å². The van der Waals surface area contributed by atoms with Crippen LogP contribution in [0.25, 0.3) is 32.3 Å². The van der Waals surface area contributed by atoms with Crippen LogP contribution >= 0.6 is 0 Å². The summed E-state index contributed by atoms with van der Waals surface area (Å²) in [5.74, 6) is 0.131. The van der Waals surface area contributed by atoms with Gasteiger partial charge < -0.3 is 0 Å². The number of carbonyl (C=O) groups is 1. The molecule has 0 aliphatic carbocycles. The Bertz CT molecular complexity index is 1200. The highest BCUT2D eigenvalue weighted by molar-refractivity contribution is 6.27. The lowest BCUT2D eigenvalue weighted by Crippen LogP contribution is -2.12. The average molecular weight is 357 g/mol. The zero-order valence-corrected chi connectivity index (χ0v) is 17.4. The van der Waals surface area contributed by atoms with Crippen molar-refractivity contribution in [3.8, 4) is 0 Å². The zero-order chi connectivity index (χ0) is 19.7. The normalized spacial score (nSPS) is 13.1. The molecule has 4 rings (SSSR count). The van der Waals surface area contributed by atoms with E-state index in [1.165, 1.54) is 38.1 Å². The maximum absolute atomic E-state index is 12.5. The molecule has 0 aliphatic rings. The lowest BCUT2D eigenvalue weighted by Gasteiger charge is -2.24. The molecule has 0 bridgehead atoms. The Kier molecular flexibility index (Phi) is 3.69. The van der Waals surface area contributed by atoms with E-state index in [9.17, 15) is 4.79 Å². The van der Waals surface area contributed by atoms with E-state index in [1.54, 1.807) is 6.92 Å². The lowest BCUT2D eigenvalue weighted by atomic mass is 9.80. The van der Waals surface area contributed by atoms with E-state index in [4.69, 9.17) is 0 Å². The summed E-state index contributed by atoms with van der Waals surface area (Å²) in [5.41, 5.74) is 3.51. The van der Waals surface area contributed by atoms with Crippen LogP contribution in [0.5, 0.6) is 0 Å². The van der Waals surface area contributed by atoms with Crippen molar-refractivity contribution in [1.82, 2.24) is 0 Å². The SMILES string of the molecule is CC(=O)c1cc2cc(C(C)(C)C)cc3ccc4cc(C(C)(C)C)cc1c4c32. The summed E-state index contributed by atoms with van der Waals surface area (Å²) in [6, 6.07) is 15.7. The van der Waals surface area contributed by atoms with Gasteiger partial charge in [0.2, 0.25) is 0 Å². The summed E-state index contributed by atoms with van der Waals surface area (Å²) in [6.45, 7) is 15.1. The highest BCUT2D eigenvalue weighted by Crippen LogP contribution is 2.41. The molecule has 0 saturated carbocycles. The standard InChI is InChI=1S/C26H28O/c1-15(27)21-13-18-12-19(25(2,3)4)10-16-8-9-17-11-20(26(5,6)7)14-22(21)24(17)23(16)18/h8-14H,1-7H3. The molecule has 0 aliphatic heterocycles.